The van der Waals surface area contributed by atoms with Gasteiger partial charge in [-0.1, -0.05) is 29.3 Å². The van der Waals surface area contributed by atoms with Gasteiger partial charge in [-0.25, -0.2) is 4.98 Å². The van der Waals surface area contributed by atoms with Crippen molar-refractivity contribution >= 4 is 40.8 Å². The van der Waals surface area contributed by atoms with Crippen molar-refractivity contribution in [1.29, 1.82) is 0 Å². The fourth-order valence-electron chi connectivity index (χ4n) is 5.57. The third-order valence-electron chi connectivity index (χ3n) is 7.78. The largest absolute Gasteiger partial charge is 0.481 e. The molecule has 2 saturated heterocycles. The number of nitrogens with zero attached hydrogens (tertiary/aromatic N) is 4. The zero-order valence-electron chi connectivity index (χ0n) is 19.3. The van der Waals surface area contributed by atoms with Crippen LogP contribution in [-0.2, 0) is 4.79 Å². The molecule has 0 amide bonds. The van der Waals surface area contributed by atoms with Crippen LogP contribution in [0.5, 0.6) is 0 Å². The Morgan fingerprint density at radius 3 is 2.71 bits per heavy atom. The van der Waals surface area contributed by atoms with Crippen LogP contribution in [0.1, 0.15) is 44.2 Å². The minimum Gasteiger partial charge on any atom is -0.481 e. The number of aliphatic carboxylic acids is 1. The van der Waals surface area contributed by atoms with Crippen molar-refractivity contribution in [2.45, 2.75) is 44.7 Å². The molecule has 2 aromatic rings. The minimum atomic E-state index is -0.636. The summed E-state index contributed by atoms with van der Waals surface area (Å²) in [6.07, 6.45) is 7.66. The fraction of sp³-hybridized carbons (Fsp3) is 0.560. The Morgan fingerprint density at radius 2 is 1.97 bits per heavy atom. The summed E-state index contributed by atoms with van der Waals surface area (Å²) in [5.74, 6) is 2.18. The molecule has 182 valence electrons. The summed E-state index contributed by atoms with van der Waals surface area (Å²) in [4.78, 5) is 25.2. The first kappa shape index (κ1) is 23.6. The second-order valence-corrected chi connectivity index (χ2v) is 10.9. The molecule has 34 heavy (non-hydrogen) atoms. The van der Waals surface area contributed by atoms with E-state index in [1.54, 1.807) is 12.3 Å². The number of carboxylic acids is 1. The van der Waals surface area contributed by atoms with Crippen molar-refractivity contribution < 1.29 is 9.90 Å². The number of hydrogen-bond donors (Lipinski definition) is 2. The number of halogens is 2. The number of likely N-dealkylation sites (tertiary alicyclic amines) is 1. The van der Waals surface area contributed by atoms with Crippen LogP contribution in [0.4, 0.5) is 11.6 Å². The van der Waals surface area contributed by atoms with E-state index in [1.165, 1.54) is 12.8 Å². The van der Waals surface area contributed by atoms with E-state index >= 15 is 0 Å². The third-order valence-corrected chi connectivity index (χ3v) is 8.35. The van der Waals surface area contributed by atoms with E-state index in [0.717, 1.165) is 56.2 Å². The molecular weight excluding hydrogens is 473 g/mol. The number of hydrogen-bond acceptors (Lipinski definition) is 6. The number of piperidine rings is 1. The Labute approximate surface area is 210 Å². The molecule has 2 N–H and O–H groups in total. The first-order valence-corrected chi connectivity index (χ1v) is 12.9. The summed E-state index contributed by atoms with van der Waals surface area (Å²) in [5.41, 5.74) is 0.963. The second-order valence-electron chi connectivity index (χ2n) is 10.0. The van der Waals surface area contributed by atoms with Crippen LogP contribution in [0.15, 0.2) is 30.6 Å². The summed E-state index contributed by atoms with van der Waals surface area (Å²) in [6.45, 7) is 6.25. The van der Waals surface area contributed by atoms with E-state index in [-0.39, 0.29) is 12.0 Å². The summed E-state index contributed by atoms with van der Waals surface area (Å²) in [7, 11) is 0. The molecule has 3 fully saturated rings. The van der Waals surface area contributed by atoms with Gasteiger partial charge in [-0.15, -0.1) is 0 Å². The number of nitrogens with one attached hydrogen (secondary N) is 1. The Balaban J connectivity index is 1.14. The molecule has 5 rings (SSSR count). The van der Waals surface area contributed by atoms with Crippen LogP contribution in [0, 0.1) is 17.8 Å². The van der Waals surface area contributed by atoms with E-state index in [9.17, 15) is 9.90 Å². The SMILES string of the molecule is C[C@@H](Nc1cncc(N2CC([C@H]3CCCN(C4CC(C(=O)O)C4)C3)C2)n1)c1ccc(Cl)cc1Cl. The van der Waals surface area contributed by atoms with Gasteiger partial charge in [0.25, 0.3) is 0 Å². The van der Waals surface area contributed by atoms with Gasteiger partial charge in [0.15, 0.2) is 0 Å². The Hall–Kier alpha value is -2.09. The molecule has 9 heteroatoms. The van der Waals surface area contributed by atoms with Crippen LogP contribution in [0.3, 0.4) is 0 Å². The lowest BCUT2D eigenvalue weighted by molar-refractivity contribution is -0.147. The van der Waals surface area contributed by atoms with Gasteiger partial charge < -0.3 is 20.2 Å². The van der Waals surface area contributed by atoms with Crippen molar-refractivity contribution in [2.24, 2.45) is 17.8 Å². The average Bonchev–Trinajstić information content (AvgIpc) is 2.72. The molecule has 1 saturated carbocycles. The van der Waals surface area contributed by atoms with Crippen molar-refractivity contribution in [3.05, 3.63) is 46.2 Å². The number of carbonyl (C=O) groups is 1. The minimum absolute atomic E-state index is 0.0288. The van der Waals surface area contributed by atoms with Crippen molar-refractivity contribution in [3.8, 4) is 0 Å². The Kier molecular flexibility index (Phi) is 6.87. The predicted octanol–water partition coefficient (Wildman–Crippen LogP) is 4.97. The molecule has 1 aromatic carbocycles. The molecule has 2 atom stereocenters. The lowest BCUT2D eigenvalue weighted by Crippen LogP contribution is -2.56. The monoisotopic (exact) mass is 503 g/mol. The van der Waals surface area contributed by atoms with Crippen LogP contribution in [0.25, 0.3) is 0 Å². The average molecular weight is 504 g/mol. The highest BCUT2D eigenvalue weighted by Gasteiger charge is 2.42. The molecule has 0 unspecified atom stereocenters. The number of aromatic nitrogens is 2. The summed E-state index contributed by atoms with van der Waals surface area (Å²) in [5, 5.41) is 13.8. The van der Waals surface area contributed by atoms with Gasteiger partial charge in [0.05, 0.1) is 24.4 Å². The maximum absolute atomic E-state index is 11.1. The van der Waals surface area contributed by atoms with Gasteiger partial charge >= 0.3 is 5.97 Å². The highest BCUT2D eigenvalue weighted by Crippen LogP contribution is 2.38. The van der Waals surface area contributed by atoms with Gasteiger partial charge in [-0.3, -0.25) is 9.78 Å². The number of carboxylic acid groups (broad SMARTS) is 1. The molecule has 1 aromatic heterocycles. The lowest BCUT2D eigenvalue weighted by atomic mass is 9.76. The molecule has 7 nitrogen and oxygen atoms in total. The highest BCUT2D eigenvalue weighted by molar-refractivity contribution is 6.35. The topological polar surface area (TPSA) is 81.6 Å². The van der Waals surface area contributed by atoms with Gasteiger partial charge in [0, 0.05) is 35.7 Å². The summed E-state index contributed by atoms with van der Waals surface area (Å²) >= 11 is 12.4. The molecule has 3 aliphatic rings. The van der Waals surface area contributed by atoms with Gasteiger partial charge in [-0.05, 0) is 68.7 Å². The third kappa shape index (κ3) is 4.97. The summed E-state index contributed by atoms with van der Waals surface area (Å²) < 4.78 is 0. The maximum Gasteiger partial charge on any atom is 0.306 e. The molecule has 1 aliphatic carbocycles. The number of rotatable bonds is 7. The smallest absolute Gasteiger partial charge is 0.306 e. The van der Waals surface area contributed by atoms with Crippen molar-refractivity contribution in [1.82, 2.24) is 14.9 Å². The molecule has 0 spiro atoms. The van der Waals surface area contributed by atoms with Crippen LogP contribution in [-0.4, -0.2) is 58.2 Å². The summed E-state index contributed by atoms with van der Waals surface area (Å²) in [6, 6.07) is 5.95. The second kappa shape index (κ2) is 9.88. The van der Waals surface area contributed by atoms with Gasteiger partial charge in [-0.2, -0.15) is 0 Å². The van der Waals surface area contributed by atoms with E-state index in [2.05, 4.69) is 20.1 Å². The zero-order chi connectivity index (χ0) is 23.8. The van der Waals surface area contributed by atoms with Gasteiger partial charge in [0.2, 0.25) is 0 Å². The maximum atomic E-state index is 11.1. The lowest BCUT2D eigenvalue weighted by Gasteiger charge is -2.50. The van der Waals surface area contributed by atoms with Crippen LogP contribution < -0.4 is 10.2 Å². The first-order valence-electron chi connectivity index (χ1n) is 12.1. The molecule has 0 radical (unpaired) electrons. The van der Waals surface area contributed by atoms with E-state index in [1.807, 2.05) is 25.3 Å². The molecule has 2 aliphatic heterocycles. The standard InChI is InChI=1S/C25H31Cl2N5O2/c1-15(21-5-4-19(26)9-22(21)27)29-23-10-28-11-24(30-23)32-13-18(14-32)16-3-2-6-31(12-16)20-7-17(8-20)25(33)34/h4-5,9-11,15-18,20H,2-3,6-8,12-14H2,1H3,(H,29,30)(H,33,34)/t15-,16+,17?,20?/m1/s1. The van der Waals surface area contributed by atoms with E-state index in [0.29, 0.717) is 27.9 Å². The van der Waals surface area contributed by atoms with Crippen molar-refractivity contribution in [2.75, 3.05) is 36.4 Å². The van der Waals surface area contributed by atoms with Crippen molar-refractivity contribution in [3.63, 3.8) is 0 Å². The highest BCUT2D eigenvalue weighted by atomic mass is 35.5. The molecular formula is C25H31Cl2N5O2. The quantitative estimate of drug-likeness (QED) is 0.551. The molecule has 0 bridgehead atoms. The van der Waals surface area contributed by atoms with E-state index in [4.69, 9.17) is 28.2 Å². The number of anilines is 2. The molecule has 3 heterocycles. The normalized spacial score (nSPS) is 26.4. The van der Waals surface area contributed by atoms with Crippen LogP contribution in [0.2, 0.25) is 10.0 Å². The fourth-order valence-corrected chi connectivity index (χ4v) is 6.14. The Morgan fingerprint density at radius 1 is 1.18 bits per heavy atom. The predicted molar refractivity (Wildman–Crippen MR) is 135 cm³/mol. The zero-order valence-corrected chi connectivity index (χ0v) is 20.8. The Bertz CT molecular complexity index is 1040. The van der Waals surface area contributed by atoms with Gasteiger partial charge in [0.1, 0.15) is 11.6 Å². The van der Waals surface area contributed by atoms with E-state index < -0.39 is 5.97 Å². The number of benzene rings is 1. The van der Waals surface area contributed by atoms with Crippen LogP contribution >= 0.6 is 23.2 Å². The first-order chi connectivity index (χ1) is 16.4.